The van der Waals surface area contributed by atoms with Gasteiger partial charge < -0.3 is 15.0 Å². The summed E-state index contributed by atoms with van der Waals surface area (Å²) in [6.07, 6.45) is 1.30. The van der Waals surface area contributed by atoms with Gasteiger partial charge in [-0.1, -0.05) is 13.3 Å². The van der Waals surface area contributed by atoms with Gasteiger partial charge in [0.1, 0.15) is 12.0 Å². The van der Waals surface area contributed by atoms with E-state index in [4.69, 9.17) is 1.37 Å². The Labute approximate surface area is 180 Å². The number of carbonyl (C=O) groups excluding carboxylic acids is 1. The number of aryl methyl sites for hydroxylation is 2. The number of amides is 1. The number of fused-ring (bicyclic) bond motifs is 1. The summed E-state index contributed by atoms with van der Waals surface area (Å²) in [7, 11) is 1.62. The number of carbonyl (C=O) groups is 1. The first-order chi connectivity index (χ1) is 15.1. The van der Waals surface area contributed by atoms with Gasteiger partial charge in [0, 0.05) is 42.0 Å². The van der Waals surface area contributed by atoms with E-state index in [1.54, 1.807) is 38.4 Å². The van der Waals surface area contributed by atoms with Gasteiger partial charge in [0.05, 0.1) is 24.6 Å². The summed E-state index contributed by atoms with van der Waals surface area (Å²) in [5.74, 6) is -0.779. The molecule has 8 heteroatoms. The van der Waals surface area contributed by atoms with Crippen molar-refractivity contribution in [3.63, 3.8) is 0 Å². The first-order valence-corrected chi connectivity index (χ1v) is 10.3. The third-order valence-corrected chi connectivity index (χ3v) is 5.59. The highest BCUT2D eigenvalue weighted by molar-refractivity contribution is 5.95. The lowest BCUT2D eigenvalue weighted by atomic mass is 10.0. The molecule has 0 spiro atoms. The van der Waals surface area contributed by atoms with Crippen molar-refractivity contribution in [1.29, 1.82) is 0 Å². The van der Waals surface area contributed by atoms with Gasteiger partial charge in [-0.3, -0.25) is 14.6 Å². The lowest BCUT2D eigenvalue weighted by Crippen LogP contribution is -2.20. The van der Waals surface area contributed by atoms with E-state index in [9.17, 15) is 19.1 Å². The normalized spacial score (nSPS) is 20.2. The van der Waals surface area contributed by atoms with Crippen LogP contribution in [0, 0.1) is 12.8 Å². The van der Waals surface area contributed by atoms with Gasteiger partial charge in [-0.05, 0) is 37.5 Å². The second-order valence-corrected chi connectivity index (χ2v) is 7.98. The van der Waals surface area contributed by atoms with E-state index >= 15 is 0 Å². The Morgan fingerprint density at radius 3 is 2.74 bits per heavy atom. The fourth-order valence-corrected chi connectivity index (χ4v) is 3.64. The van der Waals surface area contributed by atoms with Gasteiger partial charge in [0.15, 0.2) is 0 Å². The van der Waals surface area contributed by atoms with Crippen LogP contribution in [0.2, 0.25) is 0 Å². The number of hydrogen-bond donors (Lipinski definition) is 2. The molecule has 3 heterocycles. The number of aliphatic hydroxyl groups is 1. The van der Waals surface area contributed by atoms with Crippen LogP contribution >= 0.6 is 0 Å². The molecule has 3 aromatic rings. The van der Waals surface area contributed by atoms with Crippen molar-refractivity contribution in [2.75, 3.05) is 5.32 Å². The number of nitrogens with one attached hydrogen (secondary N) is 1. The molecule has 162 valence electrons. The van der Waals surface area contributed by atoms with Crippen LogP contribution in [0.4, 0.5) is 10.2 Å². The number of hydrogen-bond acceptors (Lipinski definition) is 5. The molecule has 1 aliphatic rings. The number of alkyl halides is 1. The van der Waals surface area contributed by atoms with Gasteiger partial charge >= 0.3 is 0 Å². The minimum Gasteiger partial charge on any atom is -0.387 e. The summed E-state index contributed by atoms with van der Waals surface area (Å²) in [5, 5.41) is 13.6. The molecule has 3 aromatic heterocycles. The monoisotopic (exact) mass is 425 g/mol. The highest BCUT2D eigenvalue weighted by Gasteiger charge is 2.43. The molecular formula is C23H25FN4O3. The lowest BCUT2D eigenvalue weighted by Gasteiger charge is -2.14. The third kappa shape index (κ3) is 4.07. The number of pyridine rings is 3. The maximum atomic E-state index is 13.1. The molecule has 0 aliphatic heterocycles. The van der Waals surface area contributed by atoms with Crippen LogP contribution in [-0.2, 0) is 11.8 Å². The Morgan fingerprint density at radius 1 is 1.35 bits per heavy atom. The Morgan fingerprint density at radius 2 is 2.10 bits per heavy atom. The zero-order chi connectivity index (χ0) is 23.2. The minimum atomic E-state index is -1.78. The van der Waals surface area contributed by atoms with Crippen LogP contribution in [-0.4, -0.2) is 31.7 Å². The van der Waals surface area contributed by atoms with E-state index in [-0.39, 0.29) is 29.9 Å². The first-order valence-electron chi connectivity index (χ1n) is 10.8. The Bertz CT molecular complexity index is 1270. The fourth-order valence-electron chi connectivity index (χ4n) is 3.64. The van der Waals surface area contributed by atoms with Crippen molar-refractivity contribution in [1.82, 2.24) is 14.5 Å². The Kier molecular flexibility index (Phi) is 5.23. The van der Waals surface area contributed by atoms with Crippen molar-refractivity contribution in [2.24, 2.45) is 13.0 Å². The van der Waals surface area contributed by atoms with Crippen LogP contribution in [0.5, 0.6) is 0 Å². The Balaban J connectivity index is 1.71. The molecule has 0 unspecified atom stereocenters. The molecule has 1 amide bonds. The van der Waals surface area contributed by atoms with E-state index < -0.39 is 24.1 Å². The standard InChI is InChI=1S/C23H25FN4O3/c1-4-5-20(29)18-6-12(2)16(11-25-18)14-7-13-10-26-21(9-19(13)28(3)23(14)31)27-22(30)15-8-17(15)24/h6-7,9-11,15,17,20,29H,4-5,8H2,1-3H3,(H,26,27,30)/t15-,17+,20-/m0/s1/i20D. The number of anilines is 1. The molecule has 3 atom stereocenters. The largest absolute Gasteiger partial charge is 0.387 e. The fraction of sp³-hybridized carbons (Fsp3) is 0.391. The summed E-state index contributed by atoms with van der Waals surface area (Å²) in [5.41, 5.74) is 2.28. The van der Waals surface area contributed by atoms with Gasteiger partial charge in [0.25, 0.3) is 5.56 Å². The van der Waals surface area contributed by atoms with Gasteiger partial charge in [-0.2, -0.15) is 0 Å². The average molecular weight is 425 g/mol. The summed E-state index contributed by atoms with van der Waals surface area (Å²) < 4.78 is 22.7. The van der Waals surface area contributed by atoms with E-state index in [1.807, 2.05) is 6.92 Å². The van der Waals surface area contributed by atoms with E-state index in [1.165, 1.54) is 10.8 Å². The molecule has 1 aliphatic carbocycles. The summed E-state index contributed by atoms with van der Waals surface area (Å²) in [6.45, 7) is 3.69. The molecule has 1 saturated carbocycles. The third-order valence-electron chi connectivity index (χ3n) is 5.59. The van der Waals surface area contributed by atoms with Crippen molar-refractivity contribution in [3.05, 3.63) is 52.2 Å². The van der Waals surface area contributed by atoms with Gasteiger partial charge in [-0.25, -0.2) is 9.37 Å². The van der Waals surface area contributed by atoms with Gasteiger partial charge in [-0.15, -0.1) is 0 Å². The summed E-state index contributed by atoms with van der Waals surface area (Å²) in [4.78, 5) is 33.6. The number of halogens is 1. The summed E-state index contributed by atoms with van der Waals surface area (Å²) >= 11 is 0. The predicted molar refractivity (Wildman–Crippen MR) is 116 cm³/mol. The van der Waals surface area contributed by atoms with Gasteiger partial charge in [0.2, 0.25) is 5.91 Å². The molecular weight excluding hydrogens is 399 g/mol. The predicted octanol–water partition coefficient (Wildman–Crippen LogP) is 3.43. The van der Waals surface area contributed by atoms with Crippen molar-refractivity contribution >= 4 is 22.6 Å². The molecule has 0 saturated heterocycles. The minimum absolute atomic E-state index is 0.226. The molecule has 4 rings (SSSR count). The quantitative estimate of drug-likeness (QED) is 0.631. The van der Waals surface area contributed by atoms with E-state index in [0.717, 1.165) is 5.56 Å². The van der Waals surface area contributed by atoms with Crippen LogP contribution in [0.1, 0.15) is 44.9 Å². The topological polar surface area (TPSA) is 97.1 Å². The van der Waals surface area contributed by atoms with Crippen molar-refractivity contribution in [3.8, 4) is 11.1 Å². The maximum absolute atomic E-state index is 13.1. The van der Waals surface area contributed by atoms with E-state index in [0.29, 0.717) is 28.5 Å². The molecule has 7 nitrogen and oxygen atoms in total. The highest BCUT2D eigenvalue weighted by Crippen LogP contribution is 2.34. The van der Waals surface area contributed by atoms with Crippen LogP contribution in [0.25, 0.3) is 22.0 Å². The van der Waals surface area contributed by atoms with Crippen LogP contribution in [0.15, 0.2) is 35.4 Å². The van der Waals surface area contributed by atoms with Crippen molar-refractivity contribution < 1.29 is 15.7 Å². The second kappa shape index (κ2) is 8.19. The molecule has 1 fully saturated rings. The smallest absolute Gasteiger partial charge is 0.258 e. The molecule has 2 N–H and O–H groups in total. The molecule has 0 bridgehead atoms. The highest BCUT2D eigenvalue weighted by atomic mass is 19.1. The zero-order valence-electron chi connectivity index (χ0n) is 18.6. The SMILES string of the molecule is [2H][C@](O)(CCC)c1cc(C)c(-c2cc3cnc(NC(=O)[C@H]4C[C@H]4F)cc3n(C)c2=O)cn1. The summed E-state index contributed by atoms with van der Waals surface area (Å²) in [6, 6.07) is 4.93. The Hall–Kier alpha value is -3.13. The zero-order valence-corrected chi connectivity index (χ0v) is 17.6. The number of aromatic nitrogens is 3. The average Bonchev–Trinajstić information content (AvgIpc) is 3.48. The maximum Gasteiger partial charge on any atom is 0.258 e. The van der Waals surface area contributed by atoms with Crippen molar-refractivity contribution in [2.45, 2.75) is 45.4 Å². The molecule has 0 aromatic carbocycles. The van der Waals surface area contributed by atoms with E-state index in [2.05, 4.69) is 15.3 Å². The number of rotatable bonds is 6. The second-order valence-electron chi connectivity index (χ2n) is 7.98. The number of nitrogens with zero attached hydrogens (tertiary/aromatic N) is 3. The first kappa shape index (κ1) is 19.8. The molecule has 31 heavy (non-hydrogen) atoms. The lowest BCUT2D eigenvalue weighted by molar-refractivity contribution is -0.117. The molecule has 0 radical (unpaired) electrons. The van der Waals surface area contributed by atoms with Crippen LogP contribution < -0.4 is 10.9 Å². The van der Waals surface area contributed by atoms with Crippen LogP contribution in [0.3, 0.4) is 0 Å².